The van der Waals surface area contributed by atoms with Crippen LogP contribution in [0, 0.1) is 0 Å². The molecule has 0 rings (SSSR count). The molecule has 0 amide bonds. The molecule has 0 aliphatic heterocycles. The van der Waals surface area contributed by atoms with Crippen molar-refractivity contribution >= 4 is 6.16 Å². The summed E-state index contributed by atoms with van der Waals surface area (Å²) >= 11 is 0. The van der Waals surface area contributed by atoms with Crippen molar-refractivity contribution < 1.29 is 55.5 Å². The predicted molar refractivity (Wildman–Crippen MR) is 15.4 cm³/mol. The summed E-state index contributed by atoms with van der Waals surface area (Å²) in [4.78, 5) is 8.33. The molecule has 9 heavy (non-hydrogen) atoms. The molecule has 0 bridgehead atoms. The van der Waals surface area contributed by atoms with Crippen molar-refractivity contribution in [1.82, 2.24) is 0 Å². The average molecular weight is 193 g/mol. The van der Waals surface area contributed by atoms with Crippen LogP contribution >= 0.6 is 0 Å². The molecule has 7 nitrogen and oxygen atoms in total. The third-order valence-corrected chi connectivity index (χ3v) is 0. The number of hydrogen-bond donors (Lipinski definition) is 2. The molecule has 0 aliphatic carbocycles. The van der Waals surface area contributed by atoms with E-state index in [0.717, 1.165) is 0 Å². The molecule has 0 heterocycles. The zero-order chi connectivity index (χ0) is 6.28. The van der Waals surface area contributed by atoms with E-state index in [0.29, 0.717) is 0 Å². The van der Waals surface area contributed by atoms with Crippen LogP contribution in [-0.4, -0.2) is 22.1 Å². The zero-order valence-corrected chi connectivity index (χ0v) is 7.20. The zero-order valence-electron chi connectivity index (χ0n) is 4.23. The Morgan fingerprint density at radius 3 is 1.33 bits per heavy atom. The molecule has 0 atom stereocenters. The fourth-order valence-electron chi connectivity index (χ4n) is 0. The van der Waals surface area contributed by atoms with Gasteiger partial charge in [0.1, 0.15) is 0 Å². The maximum Gasteiger partial charge on any atom is 2.00 e. The van der Waals surface area contributed by atoms with Crippen molar-refractivity contribution in [3.8, 4) is 0 Å². The van der Waals surface area contributed by atoms with Crippen LogP contribution in [0.25, 0.3) is 0 Å². The van der Waals surface area contributed by atoms with E-state index in [2.05, 4.69) is 5.04 Å². The van der Waals surface area contributed by atoms with Gasteiger partial charge in [-0.3, -0.25) is 0 Å². The van der Waals surface area contributed by atoms with E-state index in [9.17, 15) is 0 Å². The normalized spacial score (nSPS) is 4.67. The molecule has 0 aromatic heterocycles. The van der Waals surface area contributed by atoms with Crippen molar-refractivity contribution in [2.45, 2.75) is 0 Å². The van der Waals surface area contributed by atoms with E-state index in [4.69, 9.17) is 25.5 Å². The summed E-state index contributed by atoms with van der Waals surface area (Å²) in [7, 11) is 0. The molecule has 8 heteroatoms. The molecule has 0 fully saturated rings. The second-order valence-electron chi connectivity index (χ2n) is 0.332. The Labute approximate surface area is 62.4 Å². The summed E-state index contributed by atoms with van der Waals surface area (Å²) < 4.78 is 0. The Balaban J connectivity index is -0.0000000233. The third-order valence-electron chi connectivity index (χ3n) is 0. The topological polar surface area (TPSA) is 144 Å². The number of carbonyl (C=O) groups is 1. The first-order chi connectivity index (χ1) is 3.15. The molecular formula is CH4O7Zn. The molecule has 0 saturated heterocycles. The van der Waals surface area contributed by atoms with Gasteiger partial charge in [-0.1, -0.05) is 5.04 Å². The number of rotatable bonds is 0. The maximum atomic E-state index is 8.33. The van der Waals surface area contributed by atoms with E-state index in [-0.39, 0.29) is 25.0 Å². The Bertz CT molecular complexity index is 40.2. The molecule has 0 aliphatic rings. The van der Waals surface area contributed by atoms with Crippen molar-refractivity contribution in [3.05, 3.63) is 0 Å². The van der Waals surface area contributed by atoms with Crippen LogP contribution in [0.3, 0.4) is 0 Å². The van der Waals surface area contributed by atoms with Crippen molar-refractivity contribution in [1.29, 1.82) is 0 Å². The molecule has 0 spiro atoms. The van der Waals surface area contributed by atoms with Gasteiger partial charge in [0.15, 0.2) is 0 Å². The minimum Gasteiger partial charge on any atom is -0.652 e. The number of hydrogen-bond acceptors (Lipinski definition) is 6. The molecular weight excluding hydrogens is 189 g/mol. The van der Waals surface area contributed by atoms with Crippen LogP contribution in [0.15, 0.2) is 0 Å². The van der Waals surface area contributed by atoms with Gasteiger partial charge in [0, 0.05) is 0 Å². The van der Waals surface area contributed by atoms with Gasteiger partial charge in [-0.15, -0.1) is 0 Å². The smallest absolute Gasteiger partial charge is 0.652 e. The standard InChI is InChI=1S/CH2O3.H2O3.H2O.Zn/c2-1(3)4;1-3-2;;/h(H2,2,3,4);1-2H;1H2;/q;;;+2/p-2. The molecule has 0 unspecified atom stereocenters. The van der Waals surface area contributed by atoms with Gasteiger partial charge >= 0.3 is 19.5 Å². The van der Waals surface area contributed by atoms with Gasteiger partial charge in [0.05, 0.1) is 0 Å². The number of carboxylic acid groups (broad SMARTS) is 2. The van der Waals surface area contributed by atoms with Gasteiger partial charge in [0.2, 0.25) is 0 Å². The van der Waals surface area contributed by atoms with Gasteiger partial charge in [-0.2, -0.15) is 0 Å². The molecule has 0 saturated carbocycles. The Morgan fingerprint density at radius 2 is 1.33 bits per heavy atom. The minimum absolute atomic E-state index is 0. The van der Waals surface area contributed by atoms with Gasteiger partial charge < -0.3 is 20.5 Å². The summed E-state index contributed by atoms with van der Waals surface area (Å²) in [5.74, 6) is 0. The average Bonchev–Trinajstić information content (AvgIpc) is 1.33. The van der Waals surface area contributed by atoms with Crippen LogP contribution in [0.4, 0.5) is 4.79 Å². The molecule has 0 aromatic rings. The van der Waals surface area contributed by atoms with Crippen LogP contribution < -0.4 is 10.2 Å². The van der Waals surface area contributed by atoms with E-state index in [1.165, 1.54) is 0 Å². The summed E-state index contributed by atoms with van der Waals surface area (Å²) in [6.45, 7) is 0. The fraction of sp³-hybridized carbons (Fsp3) is 0. The molecule has 4 N–H and O–H groups in total. The third kappa shape index (κ3) is 3580. The SMILES string of the molecule is O.O=C([O-])[O-].OOO.[Zn+2]. The Hall–Kier alpha value is -0.267. The second kappa shape index (κ2) is 25.2. The van der Waals surface area contributed by atoms with Crippen LogP contribution in [-0.2, 0) is 24.5 Å². The van der Waals surface area contributed by atoms with E-state index in [1.807, 2.05) is 0 Å². The molecule has 0 radical (unpaired) electrons. The quantitative estimate of drug-likeness (QED) is 0.234. The van der Waals surface area contributed by atoms with Crippen LogP contribution in [0.1, 0.15) is 0 Å². The summed E-state index contributed by atoms with van der Waals surface area (Å²) in [6.07, 6.45) is -2.33. The van der Waals surface area contributed by atoms with Crippen molar-refractivity contribution in [2.24, 2.45) is 0 Å². The van der Waals surface area contributed by atoms with Gasteiger partial charge in [-0.25, -0.2) is 10.5 Å². The van der Waals surface area contributed by atoms with E-state index < -0.39 is 6.16 Å². The monoisotopic (exact) mass is 192 g/mol. The van der Waals surface area contributed by atoms with E-state index in [1.54, 1.807) is 0 Å². The predicted octanol–water partition coefficient (Wildman–Crippen LogP) is -3.33. The molecule has 52 valence electrons. The van der Waals surface area contributed by atoms with Crippen molar-refractivity contribution in [3.63, 3.8) is 0 Å². The Morgan fingerprint density at radius 1 is 1.33 bits per heavy atom. The summed E-state index contributed by atoms with van der Waals surface area (Å²) in [5, 5.41) is 32.2. The van der Waals surface area contributed by atoms with Crippen molar-refractivity contribution in [2.75, 3.05) is 0 Å². The summed E-state index contributed by atoms with van der Waals surface area (Å²) in [6, 6.07) is 0. The first kappa shape index (κ1) is 23.3. The first-order valence-corrected chi connectivity index (χ1v) is 0.978. The maximum absolute atomic E-state index is 8.33. The van der Waals surface area contributed by atoms with Crippen LogP contribution in [0.2, 0.25) is 0 Å². The van der Waals surface area contributed by atoms with Gasteiger partial charge in [-0.05, 0) is 6.16 Å². The van der Waals surface area contributed by atoms with Gasteiger partial charge in [0.25, 0.3) is 0 Å². The first-order valence-electron chi connectivity index (χ1n) is 0.978. The number of carbonyl (C=O) groups excluding carboxylic acids is 1. The Kier molecular flexibility index (Phi) is 65.2. The van der Waals surface area contributed by atoms with Crippen LogP contribution in [0.5, 0.6) is 0 Å². The fourth-order valence-corrected chi connectivity index (χ4v) is 0. The van der Waals surface area contributed by atoms with E-state index >= 15 is 0 Å². The largest absolute Gasteiger partial charge is 2.00 e. The second-order valence-corrected chi connectivity index (χ2v) is 0.332. The summed E-state index contributed by atoms with van der Waals surface area (Å²) in [5.41, 5.74) is 0. The minimum atomic E-state index is -2.33. The molecule has 0 aromatic carbocycles.